The molecule has 0 saturated carbocycles. The van der Waals surface area contributed by atoms with Gasteiger partial charge in [-0.2, -0.15) is 0 Å². The van der Waals surface area contributed by atoms with Crippen LogP contribution in [-0.2, 0) is 28.4 Å². The Kier molecular flexibility index (Phi) is 8.67. The van der Waals surface area contributed by atoms with E-state index in [1.807, 2.05) is 0 Å². The van der Waals surface area contributed by atoms with Crippen molar-refractivity contribution in [2.75, 3.05) is 54.9 Å². The summed E-state index contributed by atoms with van der Waals surface area (Å²) in [6.45, 7) is 2.03. The van der Waals surface area contributed by atoms with Crippen LogP contribution >= 0.6 is 0 Å². The average molecular weight is 288 g/mol. The summed E-state index contributed by atoms with van der Waals surface area (Å²) in [5.74, 6) is 0.149. The first-order chi connectivity index (χ1) is 9.67. The van der Waals surface area contributed by atoms with Crippen molar-refractivity contribution < 1.29 is 28.4 Å². The Labute approximate surface area is 122 Å². The minimum absolute atomic E-state index is 0.149. The van der Waals surface area contributed by atoms with E-state index >= 15 is 0 Å². The van der Waals surface area contributed by atoms with Gasteiger partial charge in [-0.15, -0.1) is 0 Å². The van der Waals surface area contributed by atoms with Gasteiger partial charge in [-0.1, -0.05) is 0 Å². The highest BCUT2D eigenvalue weighted by atomic mass is 16.6. The van der Waals surface area contributed by atoms with Gasteiger partial charge in [0.05, 0.1) is 26.4 Å². The number of hydrogen-bond donors (Lipinski definition) is 0. The third kappa shape index (κ3) is 4.98. The fourth-order valence-electron chi connectivity index (χ4n) is 2.39. The maximum Gasteiger partial charge on any atom is 0.113 e. The summed E-state index contributed by atoms with van der Waals surface area (Å²) in [5, 5.41) is 0. The van der Waals surface area contributed by atoms with Gasteiger partial charge in [0.15, 0.2) is 0 Å². The molecular weight excluding hydrogens is 263 g/mol. The molecule has 0 N–H and O–H groups in total. The number of ether oxygens (including phenoxy) is 6. The highest BCUT2D eigenvalue weighted by Crippen LogP contribution is 2.25. The predicted molar refractivity (Wildman–Crippen MR) is 74.1 cm³/mol. The Morgan fingerprint density at radius 2 is 1.60 bits per heavy atom. The smallest absolute Gasteiger partial charge is 0.113 e. The molecule has 1 saturated heterocycles. The monoisotopic (exact) mass is 288 g/mol. The van der Waals surface area contributed by atoms with E-state index in [0.717, 1.165) is 0 Å². The molecule has 1 rings (SSSR count). The quantitative estimate of drug-likeness (QED) is 0.521. The molecule has 1 aliphatic heterocycles. The van der Waals surface area contributed by atoms with Crippen LogP contribution in [0.4, 0.5) is 0 Å². The van der Waals surface area contributed by atoms with Crippen LogP contribution < -0.4 is 0 Å². The SMILES string of the molecule is [B][C@@H]1O[C@H](COC)C(OC)[C@@H]1OCC(COC)COC. The highest BCUT2D eigenvalue weighted by Gasteiger charge is 2.43. The molecule has 1 unspecified atom stereocenters. The highest BCUT2D eigenvalue weighted by molar-refractivity contribution is 6.11. The van der Waals surface area contributed by atoms with Crippen molar-refractivity contribution >= 4 is 7.85 Å². The predicted octanol–water partition coefficient (Wildman–Crippen LogP) is -0.165. The molecule has 0 aromatic heterocycles. The third-order valence-corrected chi connectivity index (χ3v) is 3.28. The van der Waals surface area contributed by atoms with Gasteiger partial charge in [-0.05, 0) is 0 Å². The second-order valence-electron chi connectivity index (χ2n) is 4.87. The van der Waals surface area contributed by atoms with Crippen molar-refractivity contribution in [1.29, 1.82) is 0 Å². The molecule has 0 aromatic carbocycles. The summed E-state index contributed by atoms with van der Waals surface area (Å²) < 4.78 is 32.3. The van der Waals surface area contributed by atoms with E-state index in [4.69, 9.17) is 36.3 Å². The molecule has 4 atom stereocenters. The van der Waals surface area contributed by atoms with Crippen molar-refractivity contribution in [2.45, 2.75) is 24.3 Å². The Balaban J connectivity index is 2.51. The lowest BCUT2D eigenvalue weighted by atomic mass is 9.92. The van der Waals surface area contributed by atoms with Gasteiger partial charge >= 0.3 is 0 Å². The summed E-state index contributed by atoms with van der Waals surface area (Å²) >= 11 is 0. The van der Waals surface area contributed by atoms with Gasteiger partial charge in [0.25, 0.3) is 0 Å². The van der Waals surface area contributed by atoms with Crippen LogP contribution in [0.3, 0.4) is 0 Å². The van der Waals surface area contributed by atoms with E-state index in [2.05, 4.69) is 0 Å². The molecule has 116 valence electrons. The third-order valence-electron chi connectivity index (χ3n) is 3.28. The molecule has 6 nitrogen and oxygen atoms in total. The molecule has 1 aliphatic rings. The van der Waals surface area contributed by atoms with Gasteiger partial charge in [-0.3, -0.25) is 0 Å². The maximum atomic E-state index is 5.95. The van der Waals surface area contributed by atoms with Crippen molar-refractivity contribution in [1.82, 2.24) is 0 Å². The van der Waals surface area contributed by atoms with Crippen LogP contribution in [0.1, 0.15) is 0 Å². The van der Waals surface area contributed by atoms with Gasteiger partial charge in [0.1, 0.15) is 26.2 Å². The van der Waals surface area contributed by atoms with E-state index in [9.17, 15) is 0 Å². The molecule has 0 amide bonds. The Hall–Kier alpha value is -0.175. The molecule has 0 spiro atoms. The molecule has 1 fully saturated rings. The summed E-state index contributed by atoms with van der Waals surface area (Å²) in [6.07, 6.45) is -0.777. The minimum Gasteiger partial charge on any atom is -0.384 e. The maximum absolute atomic E-state index is 5.95. The normalized spacial score (nSPS) is 30.2. The van der Waals surface area contributed by atoms with Gasteiger partial charge < -0.3 is 28.4 Å². The number of rotatable bonds is 10. The average Bonchev–Trinajstić information content (AvgIpc) is 2.72. The van der Waals surface area contributed by atoms with E-state index < -0.39 is 6.00 Å². The van der Waals surface area contributed by atoms with Crippen LogP contribution in [0.5, 0.6) is 0 Å². The Bertz CT molecular complexity index is 249. The van der Waals surface area contributed by atoms with Crippen LogP contribution in [0.15, 0.2) is 0 Å². The van der Waals surface area contributed by atoms with Crippen molar-refractivity contribution in [3.05, 3.63) is 0 Å². The number of hydrogen-bond acceptors (Lipinski definition) is 6. The van der Waals surface area contributed by atoms with Gasteiger partial charge in [0, 0.05) is 40.4 Å². The van der Waals surface area contributed by atoms with E-state index in [-0.39, 0.29) is 24.2 Å². The van der Waals surface area contributed by atoms with Crippen molar-refractivity contribution in [2.24, 2.45) is 5.92 Å². The summed E-state index contributed by atoms with van der Waals surface area (Å²) in [4.78, 5) is 0. The van der Waals surface area contributed by atoms with E-state index in [1.165, 1.54) is 0 Å². The molecular formula is C13H25BO6. The molecule has 0 aliphatic carbocycles. The second kappa shape index (κ2) is 9.71. The lowest BCUT2D eigenvalue weighted by molar-refractivity contribution is -0.0726. The number of methoxy groups -OCH3 is 4. The molecule has 2 radical (unpaired) electrons. The molecule has 1 heterocycles. The Morgan fingerprint density at radius 1 is 0.950 bits per heavy atom. The van der Waals surface area contributed by atoms with Crippen molar-refractivity contribution in [3.63, 3.8) is 0 Å². The van der Waals surface area contributed by atoms with E-state index in [0.29, 0.717) is 26.4 Å². The Morgan fingerprint density at radius 3 is 2.10 bits per heavy atom. The summed E-state index contributed by atoms with van der Waals surface area (Å²) in [7, 11) is 12.5. The lowest BCUT2D eigenvalue weighted by Gasteiger charge is -2.25. The first-order valence-electron chi connectivity index (χ1n) is 6.70. The van der Waals surface area contributed by atoms with Gasteiger partial charge in [0.2, 0.25) is 0 Å². The summed E-state index contributed by atoms with van der Waals surface area (Å²) in [6, 6.07) is -0.522. The van der Waals surface area contributed by atoms with Crippen LogP contribution in [-0.4, -0.2) is 87.0 Å². The minimum atomic E-state index is -0.522. The van der Waals surface area contributed by atoms with Crippen LogP contribution in [0, 0.1) is 5.92 Å². The van der Waals surface area contributed by atoms with Crippen LogP contribution in [0.2, 0.25) is 0 Å². The zero-order valence-electron chi connectivity index (χ0n) is 12.7. The zero-order chi connectivity index (χ0) is 15.0. The lowest BCUT2D eigenvalue weighted by Crippen LogP contribution is -2.40. The van der Waals surface area contributed by atoms with Crippen LogP contribution in [0.25, 0.3) is 0 Å². The second-order valence-corrected chi connectivity index (χ2v) is 4.87. The zero-order valence-corrected chi connectivity index (χ0v) is 12.7. The standard InChI is InChI=1S/C13H25BO6/c1-15-5-9(6-16-2)7-19-12-11(18-4)10(8-17-3)20-13(12)14/h9-13H,5-8H2,1-4H3/t10-,11?,12+,13-/m1/s1. The molecule has 7 heteroatoms. The molecule has 0 aromatic rings. The van der Waals surface area contributed by atoms with Gasteiger partial charge in [-0.25, -0.2) is 0 Å². The topological polar surface area (TPSA) is 55.4 Å². The van der Waals surface area contributed by atoms with E-state index in [1.54, 1.807) is 28.4 Å². The fraction of sp³-hybridized carbons (Fsp3) is 1.00. The first kappa shape index (κ1) is 17.9. The molecule has 0 bridgehead atoms. The summed E-state index contributed by atoms with van der Waals surface area (Å²) in [5.41, 5.74) is 0. The fourth-order valence-corrected chi connectivity index (χ4v) is 2.39. The first-order valence-corrected chi connectivity index (χ1v) is 6.70. The molecule has 20 heavy (non-hydrogen) atoms. The van der Waals surface area contributed by atoms with Crippen molar-refractivity contribution in [3.8, 4) is 0 Å². The largest absolute Gasteiger partial charge is 0.384 e.